The zero-order valence-corrected chi connectivity index (χ0v) is 25.0. The Kier molecular flexibility index (Phi) is 9.19. The highest BCUT2D eigenvalue weighted by Crippen LogP contribution is 2.41. The molecule has 0 unspecified atom stereocenters. The first-order valence-corrected chi connectivity index (χ1v) is 13.5. The Balaban J connectivity index is 0.000000322. The molecule has 4 aromatic heterocycles. The molecule has 5 aromatic rings. The maximum Gasteiger partial charge on any atom is 0.203 e. The molecule has 0 aliphatic rings. The smallest absolute Gasteiger partial charge is 0.203 e. The van der Waals surface area contributed by atoms with Gasteiger partial charge in [0.1, 0.15) is 15.6 Å². The molecule has 0 saturated carbocycles. The van der Waals surface area contributed by atoms with Gasteiger partial charge in [-0.1, -0.05) is 13.8 Å². The van der Waals surface area contributed by atoms with Gasteiger partial charge in [-0.05, 0) is 47.0 Å². The average Bonchev–Trinajstić information content (AvgIpc) is 3.62. The van der Waals surface area contributed by atoms with Crippen LogP contribution in [0.1, 0.15) is 43.5 Å². The average molecular weight is 621 g/mol. The van der Waals surface area contributed by atoms with Crippen LogP contribution in [-0.2, 0) is 0 Å². The van der Waals surface area contributed by atoms with Crippen molar-refractivity contribution in [3.8, 4) is 34.6 Å². The van der Waals surface area contributed by atoms with Crippen molar-refractivity contribution in [2.24, 2.45) is 5.41 Å². The van der Waals surface area contributed by atoms with Gasteiger partial charge in [0.15, 0.2) is 28.6 Å². The molecule has 212 valence electrons. The minimum atomic E-state index is -0.615. The van der Waals surface area contributed by atoms with E-state index in [1.807, 2.05) is 26.1 Å². The minimum absolute atomic E-state index is 0.0342. The topological polar surface area (TPSA) is 152 Å². The number of ether oxygens (including phenoxy) is 3. The molecule has 11 nitrogen and oxygen atoms in total. The fourth-order valence-corrected chi connectivity index (χ4v) is 4.62. The highest BCUT2D eigenvalue weighted by molar-refractivity contribution is 9.10. The summed E-state index contributed by atoms with van der Waals surface area (Å²) < 4.78 is 17.0. The van der Waals surface area contributed by atoms with Gasteiger partial charge in [-0.2, -0.15) is 5.26 Å². The first-order chi connectivity index (χ1) is 19.7. The van der Waals surface area contributed by atoms with Gasteiger partial charge in [0.2, 0.25) is 5.75 Å². The number of nitrogens with one attached hydrogen (secondary N) is 2. The van der Waals surface area contributed by atoms with Gasteiger partial charge in [-0.25, -0.2) is 19.9 Å². The summed E-state index contributed by atoms with van der Waals surface area (Å²) >= 11 is 3.23. The lowest BCUT2D eigenvalue weighted by atomic mass is 9.80. The van der Waals surface area contributed by atoms with E-state index >= 15 is 0 Å². The van der Waals surface area contributed by atoms with Crippen LogP contribution in [0.2, 0.25) is 0 Å². The second-order valence-corrected chi connectivity index (χ2v) is 10.5. The number of hydrogen-bond donors (Lipinski definition) is 2. The largest absolute Gasteiger partial charge is 0.493 e. The zero-order chi connectivity index (χ0) is 29.6. The first kappa shape index (κ1) is 29.5. The van der Waals surface area contributed by atoms with Gasteiger partial charge >= 0.3 is 0 Å². The van der Waals surface area contributed by atoms with Gasteiger partial charge in [0, 0.05) is 29.8 Å². The highest BCUT2D eigenvalue weighted by atomic mass is 79.9. The van der Waals surface area contributed by atoms with Crippen LogP contribution in [-0.4, -0.2) is 57.0 Å². The molecule has 5 rings (SSSR count). The van der Waals surface area contributed by atoms with Crippen molar-refractivity contribution in [3.05, 3.63) is 53.2 Å². The summed E-state index contributed by atoms with van der Waals surface area (Å²) in [7, 11) is 4.64. The molecule has 0 atom stereocenters. The number of benzene rings is 1. The van der Waals surface area contributed by atoms with Crippen LogP contribution < -0.4 is 14.2 Å². The van der Waals surface area contributed by atoms with Gasteiger partial charge in [0.25, 0.3) is 0 Å². The fraction of sp³-hybridized carbons (Fsp3) is 0.310. The molecule has 0 spiro atoms. The van der Waals surface area contributed by atoms with Crippen LogP contribution in [0.15, 0.2) is 47.6 Å². The number of rotatable bonds is 9. The molecule has 0 aliphatic heterocycles. The van der Waals surface area contributed by atoms with Crippen LogP contribution >= 0.6 is 15.9 Å². The number of carbonyl (C=O) groups is 1. The Morgan fingerprint density at radius 3 is 2.39 bits per heavy atom. The normalized spacial score (nSPS) is 11.0. The molecule has 0 aliphatic carbocycles. The number of Topliss-reactive ketones (excluding diaryl/α,β-unsaturated/α-hetero) is 1. The van der Waals surface area contributed by atoms with Gasteiger partial charge < -0.3 is 24.2 Å². The Morgan fingerprint density at radius 1 is 1.02 bits per heavy atom. The number of aromatic nitrogens is 6. The second-order valence-electron chi connectivity index (χ2n) is 9.70. The molecule has 2 N–H and O–H groups in total. The molecule has 0 fully saturated rings. The summed E-state index contributed by atoms with van der Waals surface area (Å²) in [6.45, 7) is 3.78. The molecule has 41 heavy (non-hydrogen) atoms. The standard InChI is InChI=1S/C23H26N4O4.C6H4BrN3/c1-23(2,8-6-7-9-24)21(28)15-12-25-22-19(15)27-16(13-26-22)14-10-17(29-3)20(31-5)18(11-14)30-4;7-5-3-9-6-4(10-5)1-2-8-6/h10-13H,6-8H2,1-5H3,(H,25,26);1-3H,(H,8,9). The number of hydrogen-bond acceptors (Lipinski definition) is 9. The zero-order valence-electron chi connectivity index (χ0n) is 23.4. The van der Waals surface area contributed by atoms with Crippen molar-refractivity contribution in [3.63, 3.8) is 0 Å². The summed E-state index contributed by atoms with van der Waals surface area (Å²) in [5, 5.41) is 8.79. The van der Waals surface area contributed by atoms with E-state index < -0.39 is 5.41 Å². The maximum atomic E-state index is 13.2. The predicted octanol–water partition coefficient (Wildman–Crippen LogP) is 6.27. The molecule has 1 aromatic carbocycles. The third-order valence-electron chi connectivity index (χ3n) is 6.52. The van der Waals surface area contributed by atoms with E-state index in [1.54, 1.807) is 52.1 Å². The van der Waals surface area contributed by atoms with E-state index in [4.69, 9.17) is 24.5 Å². The lowest BCUT2D eigenvalue weighted by Crippen LogP contribution is -2.24. The van der Waals surface area contributed by atoms with Crippen molar-refractivity contribution >= 4 is 44.0 Å². The number of unbranched alkanes of at least 4 members (excludes halogenated alkanes) is 1. The van der Waals surface area contributed by atoms with E-state index in [9.17, 15) is 4.79 Å². The number of aromatic amines is 2. The summed E-state index contributed by atoms with van der Waals surface area (Å²) in [6.07, 6.45) is 8.47. The molecule has 12 heteroatoms. The molecule has 0 bridgehead atoms. The number of H-pyrrole nitrogens is 2. The fourth-order valence-electron chi connectivity index (χ4n) is 4.33. The SMILES string of the molecule is Brc1cnc2[nH]ccc2n1.COc1cc(-c2cnc3[nH]cc(C(=O)C(C)(C)CCCC#N)c3n2)cc(OC)c1OC. The van der Waals surface area contributed by atoms with Crippen LogP contribution in [0, 0.1) is 16.7 Å². The molecular weight excluding hydrogens is 590 g/mol. The summed E-state index contributed by atoms with van der Waals surface area (Å²) in [4.78, 5) is 36.6. The Labute approximate surface area is 245 Å². The lowest BCUT2D eigenvalue weighted by Gasteiger charge is -2.22. The second kappa shape index (κ2) is 12.8. The number of nitriles is 1. The number of fused-ring (bicyclic) bond motifs is 2. The summed E-state index contributed by atoms with van der Waals surface area (Å²) in [5.41, 5.74) is 3.91. The predicted molar refractivity (Wildman–Crippen MR) is 158 cm³/mol. The van der Waals surface area contributed by atoms with E-state index in [2.05, 4.69) is 46.9 Å². The number of nitrogens with zero attached hydrogens (tertiary/aromatic N) is 5. The molecule has 0 radical (unpaired) electrons. The Bertz CT molecular complexity index is 1700. The third kappa shape index (κ3) is 6.47. The van der Waals surface area contributed by atoms with Crippen molar-refractivity contribution in [2.45, 2.75) is 33.1 Å². The first-order valence-electron chi connectivity index (χ1n) is 12.7. The van der Waals surface area contributed by atoms with Crippen molar-refractivity contribution in [1.29, 1.82) is 5.26 Å². The van der Waals surface area contributed by atoms with Crippen LogP contribution in [0.25, 0.3) is 33.6 Å². The number of halogens is 1. The van der Waals surface area contributed by atoms with Crippen molar-refractivity contribution in [1.82, 2.24) is 29.9 Å². The van der Waals surface area contributed by atoms with E-state index in [-0.39, 0.29) is 5.78 Å². The van der Waals surface area contributed by atoms with Crippen LogP contribution in [0.5, 0.6) is 17.2 Å². The van der Waals surface area contributed by atoms with Gasteiger partial charge in [0.05, 0.1) is 51.0 Å². The minimum Gasteiger partial charge on any atom is -0.493 e. The van der Waals surface area contributed by atoms with Gasteiger partial charge in [-0.15, -0.1) is 0 Å². The third-order valence-corrected chi connectivity index (χ3v) is 6.90. The van der Waals surface area contributed by atoms with Gasteiger partial charge in [-0.3, -0.25) is 4.79 Å². The molecule has 0 amide bonds. The van der Waals surface area contributed by atoms with E-state index in [0.717, 1.165) is 21.3 Å². The van der Waals surface area contributed by atoms with E-state index in [1.165, 1.54) is 0 Å². The quantitative estimate of drug-likeness (QED) is 0.143. The van der Waals surface area contributed by atoms with Crippen molar-refractivity contribution in [2.75, 3.05) is 21.3 Å². The summed E-state index contributed by atoms with van der Waals surface area (Å²) in [5.74, 6) is 1.46. The lowest BCUT2D eigenvalue weighted by molar-refractivity contribution is 0.0826. The monoisotopic (exact) mass is 619 g/mol. The number of methoxy groups -OCH3 is 3. The Morgan fingerprint density at radius 2 is 1.73 bits per heavy atom. The van der Waals surface area contributed by atoms with Crippen LogP contribution in [0.4, 0.5) is 0 Å². The number of carbonyl (C=O) groups excluding carboxylic acids is 1. The van der Waals surface area contributed by atoms with Crippen LogP contribution in [0.3, 0.4) is 0 Å². The molecule has 0 saturated heterocycles. The van der Waals surface area contributed by atoms with Crippen molar-refractivity contribution < 1.29 is 19.0 Å². The maximum absolute atomic E-state index is 13.2. The summed E-state index contributed by atoms with van der Waals surface area (Å²) in [6, 6.07) is 7.59. The molecular formula is C29H30BrN7O4. The highest BCUT2D eigenvalue weighted by Gasteiger charge is 2.30. The molecule has 4 heterocycles. The Hall–Kier alpha value is -4.50. The van der Waals surface area contributed by atoms with E-state index in [0.29, 0.717) is 58.9 Å². The number of ketones is 1.